The molecule has 1 fully saturated rings. The molecule has 0 radical (unpaired) electrons. The van der Waals surface area contributed by atoms with Gasteiger partial charge in [-0.15, -0.1) is 11.3 Å². The monoisotopic (exact) mass is 417 g/mol. The second-order valence-corrected chi connectivity index (χ2v) is 10.6. The Morgan fingerprint density at radius 2 is 2.10 bits per heavy atom. The van der Waals surface area contributed by atoms with Crippen LogP contribution in [0.25, 0.3) is 0 Å². The minimum absolute atomic E-state index is 0.592. The molecule has 118 valence electrons. The van der Waals surface area contributed by atoms with Gasteiger partial charge in [0.1, 0.15) is 0 Å². The third-order valence-corrected chi connectivity index (χ3v) is 7.28. The van der Waals surface area contributed by atoms with Crippen molar-refractivity contribution in [3.63, 3.8) is 0 Å². The van der Waals surface area contributed by atoms with E-state index in [0.29, 0.717) is 11.5 Å². The largest absolute Gasteiger partial charge is 0.309 e. The van der Waals surface area contributed by atoms with Gasteiger partial charge in [-0.2, -0.15) is 0 Å². The molecule has 1 saturated carbocycles. The maximum Gasteiger partial charge on any atom is 0.0659 e. The number of hydrogen-bond acceptors (Lipinski definition) is 2. The zero-order chi connectivity index (χ0) is 14.9. The molecule has 0 aromatic carbocycles. The van der Waals surface area contributed by atoms with Crippen molar-refractivity contribution < 1.29 is 0 Å². The number of hydrogen-bond donors (Lipinski definition) is 1. The fourth-order valence-corrected chi connectivity index (χ4v) is 6.64. The average molecular weight is 417 g/mol. The summed E-state index contributed by atoms with van der Waals surface area (Å²) in [5.41, 5.74) is 2.21. The van der Waals surface area contributed by atoms with Crippen LogP contribution in [0.1, 0.15) is 75.3 Å². The van der Waals surface area contributed by atoms with Crippen LogP contribution >= 0.6 is 33.9 Å². The van der Waals surface area contributed by atoms with Gasteiger partial charge in [-0.1, -0.05) is 26.7 Å². The lowest BCUT2D eigenvalue weighted by Crippen LogP contribution is -2.36. The molecule has 0 spiro atoms. The third kappa shape index (κ3) is 3.84. The van der Waals surface area contributed by atoms with Gasteiger partial charge in [0.2, 0.25) is 0 Å². The molecular formula is C18H28INS. The molecule has 1 nitrogen and oxygen atoms in total. The maximum atomic E-state index is 3.98. The fourth-order valence-electron chi connectivity index (χ4n) is 4.52. The smallest absolute Gasteiger partial charge is 0.0659 e. The highest BCUT2D eigenvalue weighted by Crippen LogP contribution is 2.44. The van der Waals surface area contributed by atoms with E-state index in [0.717, 1.165) is 5.92 Å². The fraction of sp³-hybridized carbons (Fsp3) is 0.778. The topological polar surface area (TPSA) is 12.0 Å². The Kier molecular flexibility index (Phi) is 5.32. The zero-order valence-electron chi connectivity index (χ0n) is 13.4. The van der Waals surface area contributed by atoms with Crippen molar-refractivity contribution in [1.82, 2.24) is 5.32 Å². The Bertz CT molecular complexity index is 474. The van der Waals surface area contributed by atoms with Gasteiger partial charge >= 0.3 is 0 Å². The van der Waals surface area contributed by atoms with Crippen molar-refractivity contribution in [1.29, 1.82) is 0 Å². The summed E-state index contributed by atoms with van der Waals surface area (Å²) in [4.78, 5) is 1.65. The number of fused-ring (bicyclic) bond motifs is 1. The lowest BCUT2D eigenvalue weighted by atomic mass is 9.78. The van der Waals surface area contributed by atoms with Crippen molar-refractivity contribution in [2.24, 2.45) is 11.3 Å². The number of aryl methyl sites for hydroxylation is 1. The van der Waals surface area contributed by atoms with Crippen LogP contribution in [-0.2, 0) is 6.42 Å². The predicted octanol–water partition coefficient (Wildman–Crippen LogP) is 5.93. The van der Waals surface area contributed by atoms with Crippen molar-refractivity contribution >= 4 is 33.9 Å². The Morgan fingerprint density at radius 1 is 1.33 bits per heavy atom. The van der Waals surface area contributed by atoms with Crippen molar-refractivity contribution in [3.05, 3.63) is 19.4 Å². The van der Waals surface area contributed by atoms with Crippen molar-refractivity contribution in [2.45, 2.75) is 71.3 Å². The van der Waals surface area contributed by atoms with Crippen LogP contribution in [0, 0.1) is 14.2 Å². The first-order valence-electron chi connectivity index (χ1n) is 8.59. The molecule has 2 aliphatic carbocycles. The van der Waals surface area contributed by atoms with Gasteiger partial charge in [0.05, 0.1) is 2.88 Å². The highest BCUT2D eigenvalue weighted by atomic mass is 127. The van der Waals surface area contributed by atoms with E-state index in [1.807, 2.05) is 11.3 Å². The molecule has 0 bridgehead atoms. The minimum atomic E-state index is 0.592. The van der Waals surface area contributed by atoms with E-state index in [-0.39, 0.29) is 0 Å². The van der Waals surface area contributed by atoms with Crippen LogP contribution in [-0.4, -0.2) is 6.54 Å². The van der Waals surface area contributed by atoms with Gasteiger partial charge < -0.3 is 5.32 Å². The Labute approximate surface area is 147 Å². The first-order valence-corrected chi connectivity index (χ1v) is 10.5. The highest BCUT2D eigenvalue weighted by molar-refractivity contribution is 14.1. The quantitative estimate of drug-likeness (QED) is 0.586. The summed E-state index contributed by atoms with van der Waals surface area (Å²) in [5.74, 6) is 0.828. The molecular weight excluding hydrogens is 389 g/mol. The molecule has 1 atom stereocenters. The second-order valence-electron chi connectivity index (χ2n) is 7.56. The lowest BCUT2D eigenvalue weighted by molar-refractivity contribution is 0.212. The van der Waals surface area contributed by atoms with E-state index >= 15 is 0 Å². The van der Waals surface area contributed by atoms with Crippen LogP contribution in [0.3, 0.4) is 0 Å². The summed E-state index contributed by atoms with van der Waals surface area (Å²) in [6.07, 6.45) is 11.2. The molecule has 0 amide bonds. The average Bonchev–Trinajstić information content (AvgIpc) is 3.02. The summed E-state index contributed by atoms with van der Waals surface area (Å²) >= 11 is 4.50. The van der Waals surface area contributed by atoms with Gasteiger partial charge in [0.25, 0.3) is 0 Å². The van der Waals surface area contributed by atoms with Crippen LogP contribution in [0.4, 0.5) is 0 Å². The van der Waals surface area contributed by atoms with Gasteiger partial charge in [-0.3, -0.25) is 0 Å². The van der Waals surface area contributed by atoms with Crippen LogP contribution in [0.5, 0.6) is 0 Å². The van der Waals surface area contributed by atoms with Gasteiger partial charge in [-0.25, -0.2) is 0 Å². The van der Waals surface area contributed by atoms with E-state index < -0.39 is 0 Å². The number of nitrogens with one attached hydrogen (secondary N) is 1. The van der Waals surface area contributed by atoms with Crippen molar-refractivity contribution in [3.8, 4) is 0 Å². The Morgan fingerprint density at radius 3 is 2.81 bits per heavy atom. The molecule has 1 heterocycles. The number of halogens is 1. The molecule has 0 aliphatic heterocycles. The SMILES string of the molecule is CC(C)CC1(CNC2CCCc3sc(I)cc32)CCCC1. The summed E-state index contributed by atoms with van der Waals surface area (Å²) in [6.45, 7) is 6.02. The van der Waals surface area contributed by atoms with Crippen LogP contribution in [0.15, 0.2) is 6.07 Å². The number of rotatable bonds is 5. The standard InChI is InChI=1S/C18H28INS/c1-13(2)11-18(8-3-4-9-18)12-20-15-6-5-7-16-14(15)10-17(19)21-16/h10,13,15,20H,3-9,11-12H2,1-2H3. The molecule has 1 unspecified atom stereocenters. The first kappa shape index (κ1) is 16.3. The minimum Gasteiger partial charge on any atom is -0.309 e. The van der Waals surface area contributed by atoms with E-state index in [1.165, 1.54) is 60.8 Å². The zero-order valence-corrected chi connectivity index (χ0v) is 16.4. The molecule has 21 heavy (non-hydrogen) atoms. The lowest BCUT2D eigenvalue weighted by Gasteiger charge is -2.34. The Hall–Kier alpha value is 0.390. The predicted molar refractivity (Wildman–Crippen MR) is 101 cm³/mol. The van der Waals surface area contributed by atoms with Gasteiger partial charge in [0.15, 0.2) is 0 Å². The van der Waals surface area contributed by atoms with E-state index in [4.69, 9.17) is 0 Å². The molecule has 1 N–H and O–H groups in total. The normalized spacial score (nSPS) is 24.5. The van der Waals surface area contributed by atoms with Gasteiger partial charge in [-0.05, 0) is 84.1 Å². The van der Waals surface area contributed by atoms with E-state index in [1.54, 1.807) is 10.4 Å². The number of thiophene rings is 1. The second kappa shape index (κ2) is 6.88. The maximum absolute atomic E-state index is 3.98. The molecule has 3 rings (SSSR count). The van der Waals surface area contributed by atoms with E-state index in [9.17, 15) is 0 Å². The Balaban J connectivity index is 1.67. The molecule has 1 aromatic rings. The molecule has 2 aliphatic rings. The summed E-state index contributed by atoms with van der Waals surface area (Å²) in [5, 5.41) is 3.98. The molecule has 1 aromatic heterocycles. The van der Waals surface area contributed by atoms with Gasteiger partial charge in [0, 0.05) is 17.5 Å². The molecule has 0 saturated heterocycles. The highest BCUT2D eigenvalue weighted by Gasteiger charge is 2.35. The summed E-state index contributed by atoms with van der Waals surface area (Å²) in [7, 11) is 0. The third-order valence-electron chi connectivity index (χ3n) is 5.31. The van der Waals surface area contributed by atoms with Crippen molar-refractivity contribution in [2.75, 3.05) is 6.54 Å². The van der Waals surface area contributed by atoms with E-state index in [2.05, 4.69) is 47.8 Å². The first-order chi connectivity index (χ1) is 10.1. The summed E-state index contributed by atoms with van der Waals surface area (Å²) < 4.78 is 1.46. The molecule has 3 heteroatoms. The van der Waals surface area contributed by atoms with Crippen LogP contribution in [0.2, 0.25) is 0 Å². The van der Waals surface area contributed by atoms with Crippen LogP contribution < -0.4 is 5.32 Å². The summed E-state index contributed by atoms with van der Waals surface area (Å²) in [6, 6.07) is 3.05.